The first-order valence-electron chi connectivity index (χ1n) is 7.96. The summed E-state index contributed by atoms with van der Waals surface area (Å²) in [6, 6.07) is 13.9. The number of fused-ring (bicyclic) bond motifs is 1. The van der Waals surface area contributed by atoms with Crippen LogP contribution in [0.1, 0.15) is 24.4 Å². The summed E-state index contributed by atoms with van der Waals surface area (Å²) >= 11 is 3.40. The molecule has 0 saturated heterocycles. The number of sulfone groups is 1. The van der Waals surface area contributed by atoms with E-state index in [4.69, 9.17) is 4.74 Å². The summed E-state index contributed by atoms with van der Waals surface area (Å²) < 4.78 is 30.7. The van der Waals surface area contributed by atoms with E-state index in [1.54, 1.807) is 24.3 Å². The van der Waals surface area contributed by atoms with Crippen LogP contribution in [0.2, 0.25) is 0 Å². The van der Waals surface area contributed by atoms with Crippen molar-refractivity contribution in [2.75, 3.05) is 12.4 Å². The van der Waals surface area contributed by atoms with Crippen molar-refractivity contribution in [1.82, 2.24) is 5.32 Å². The van der Waals surface area contributed by atoms with Crippen LogP contribution in [0, 0.1) is 0 Å². The Labute approximate surface area is 155 Å². The number of hydrogen-bond acceptors (Lipinski definition) is 4. The Morgan fingerprint density at radius 3 is 2.68 bits per heavy atom. The third-order valence-corrected chi connectivity index (χ3v) is 6.46. The molecule has 132 valence electrons. The first-order valence-corrected chi connectivity index (χ1v) is 10.4. The largest absolute Gasteiger partial charge is 0.492 e. The van der Waals surface area contributed by atoms with Crippen molar-refractivity contribution in [3.05, 3.63) is 58.6 Å². The quantitative estimate of drug-likeness (QED) is 0.723. The van der Waals surface area contributed by atoms with Crippen molar-refractivity contribution in [3.63, 3.8) is 0 Å². The van der Waals surface area contributed by atoms with Gasteiger partial charge in [0.15, 0.2) is 9.84 Å². The monoisotopic (exact) mass is 423 g/mol. The van der Waals surface area contributed by atoms with Gasteiger partial charge in [-0.15, -0.1) is 0 Å². The maximum absolute atomic E-state index is 12.1. The summed E-state index contributed by atoms with van der Waals surface area (Å²) in [7, 11) is -3.31. The van der Waals surface area contributed by atoms with Crippen LogP contribution in [-0.2, 0) is 14.6 Å². The number of ether oxygens (including phenoxy) is 1. The van der Waals surface area contributed by atoms with Gasteiger partial charge in [0.25, 0.3) is 0 Å². The van der Waals surface area contributed by atoms with Gasteiger partial charge in [0.2, 0.25) is 5.91 Å². The molecule has 0 aliphatic carbocycles. The zero-order valence-corrected chi connectivity index (χ0v) is 15.8. The van der Waals surface area contributed by atoms with Gasteiger partial charge in [-0.1, -0.05) is 30.3 Å². The smallest absolute Gasteiger partial charge is 0.220 e. The van der Waals surface area contributed by atoms with Gasteiger partial charge in [-0.05, 0) is 46.1 Å². The molecule has 0 aromatic heterocycles. The molecule has 0 bridgehead atoms. The number of amides is 1. The number of para-hydroxylation sites is 1. The number of halogens is 1. The zero-order chi connectivity index (χ0) is 17.9. The minimum Gasteiger partial charge on any atom is -0.492 e. The van der Waals surface area contributed by atoms with Gasteiger partial charge in [0.05, 0.1) is 27.8 Å². The van der Waals surface area contributed by atoms with E-state index in [1.165, 1.54) is 0 Å². The van der Waals surface area contributed by atoms with Crippen molar-refractivity contribution in [3.8, 4) is 5.75 Å². The fourth-order valence-corrected chi connectivity index (χ4v) is 4.95. The van der Waals surface area contributed by atoms with E-state index in [1.807, 2.05) is 24.3 Å². The van der Waals surface area contributed by atoms with Crippen molar-refractivity contribution < 1.29 is 17.9 Å². The normalized spacial score (nSPS) is 17.7. The number of hydrogen-bond donors (Lipinski definition) is 1. The molecule has 1 unspecified atom stereocenters. The van der Waals surface area contributed by atoms with Gasteiger partial charge < -0.3 is 10.1 Å². The predicted molar refractivity (Wildman–Crippen MR) is 98.2 cm³/mol. The molecular weight excluding hydrogens is 406 g/mol. The second kappa shape index (κ2) is 7.58. The summed E-state index contributed by atoms with van der Waals surface area (Å²) in [6.07, 6.45) is 0.831. The van der Waals surface area contributed by atoms with Gasteiger partial charge >= 0.3 is 0 Å². The summed E-state index contributed by atoms with van der Waals surface area (Å²) in [5, 5.41) is 2.82. The molecular formula is C18H18BrNO4S. The molecule has 25 heavy (non-hydrogen) atoms. The van der Waals surface area contributed by atoms with Crippen molar-refractivity contribution in [2.45, 2.75) is 23.8 Å². The van der Waals surface area contributed by atoms with E-state index in [2.05, 4.69) is 21.2 Å². The Morgan fingerprint density at radius 2 is 1.88 bits per heavy atom. The average Bonchev–Trinajstić information content (AvgIpc) is 2.84. The molecule has 1 amide bonds. The number of nitrogens with one attached hydrogen (secondary N) is 1. The van der Waals surface area contributed by atoms with E-state index in [-0.39, 0.29) is 18.1 Å². The molecule has 0 radical (unpaired) electrons. The number of rotatable bonds is 6. The summed E-state index contributed by atoms with van der Waals surface area (Å²) in [5.74, 6) is 0.484. The second-order valence-electron chi connectivity index (χ2n) is 5.82. The Bertz CT molecular complexity index is 882. The fraction of sp³-hybridized carbons (Fsp3) is 0.278. The van der Waals surface area contributed by atoms with Crippen LogP contribution in [0.4, 0.5) is 0 Å². The van der Waals surface area contributed by atoms with E-state index in [9.17, 15) is 13.2 Å². The van der Waals surface area contributed by atoms with Crippen LogP contribution in [0.15, 0.2) is 57.9 Å². The molecule has 1 N–H and O–H groups in total. The highest BCUT2D eigenvalue weighted by Gasteiger charge is 2.34. The number of carbonyl (C=O) groups excluding carboxylic acids is 1. The summed E-state index contributed by atoms with van der Waals surface area (Å²) in [6.45, 7) is 0.412. The minimum atomic E-state index is -3.31. The van der Waals surface area contributed by atoms with E-state index in [0.29, 0.717) is 23.5 Å². The van der Waals surface area contributed by atoms with Gasteiger partial charge in [0.1, 0.15) is 5.75 Å². The molecule has 0 saturated carbocycles. The molecule has 7 heteroatoms. The van der Waals surface area contributed by atoms with Crippen LogP contribution in [0.5, 0.6) is 5.75 Å². The van der Waals surface area contributed by atoms with Gasteiger partial charge in [-0.3, -0.25) is 4.79 Å². The maximum atomic E-state index is 12.1. The lowest BCUT2D eigenvalue weighted by atomic mass is 10.1. The van der Waals surface area contributed by atoms with Crippen molar-refractivity contribution in [2.24, 2.45) is 0 Å². The van der Waals surface area contributed by atoms with E-state index in [0.717, 1.165) is 10.2 Å². The summed E-state index contributed by atoms with van der Waals surface area (Å²) in [4.78, 5) is 12.4. The molecule has 3 rings (SSSR count). The molecule has 1 aliphatic heterocycles. The lowest BCUT2D eigenvalue weighted by Crippen LogP contribution is -2.29. The Morgan fingerprint density at radius 1 is 1.16 bits per heavy atom. The van der Waals surface area contributed by atoms with Gasteiger partial charge in [-0.2, -0.15) is 0 Å². The number of benzene rings is 2. The molecule has 1 heterocycles. The fourth-order valence-electron chi connectivity index (χ4n) is 2.81. The Balaban J connectivity index is 1.50. The molecule has 5 nitrogen and oxygen atoms in total. The topological polar surface area (TPSA) is 72.5 Å². The molecule has 2 aromatic carbocycles. The highest BCUT2D eigenvalue weighted by atomic mass is 79.9. The molecule has 0 spiro atoms. The zero-order valence-electron chi connectivity index (χ0n) is 13.4. The van der Waals surface area contributed by atoms with Crippen LogP contribution < -0.4 is 10.1 Å². The second-order valence-corrected chi connectivity index (χ2v) is 8.68. The Kier molecular flexibility index (Phi) is 5.44. The first-order chi connectivity index (χ1) is 12.0. The Hall–Kier alpha value is -1.86. The lowest BCUT2D eigenvalue weighted by molar-refractivity contribution is -0.121. The third kappa shape index (κ3) is 4.22. The highest BCUT2D eigenvalue weighted by molar-refractivity contribution is 9.10. The van der Waals surface area contributed by atoms with Gasteiger partial charge in [0, 0.05) is 6.42 Å². The maximum Gasteiger partial charge on any atom is 0.220 e. The predicted octanol–water partition coefficient (Wildman–Crippen LogP) is 3.25. The average molecular weight is 424 g/mol. The van der Waals surface area contributed by atoms with E-state index < -0.39 is 15.9 Å². The van der Waals surface area contributed by atoms with Crippen LogP contribution in [-0.4, -0.2) is 26.7 Å². The number of carbonyl (C=O) groups is 1. The van der Waals surface area contributed by atoms with Crippen molar-refractivity contribution in [1.29, 1.82) is 0 Å². The van der Waals surface area contributed by atoms with Crippen molar-refractivity contribution >= 4 is 31.7 Å². The van der Waals surface area contributed by atoms with Gasteiger partial charge in [-0.25, -0.2) is 8.42 Å². The molecule has 1 atom stereocenters. The summed E-state index contributed by atoms with van der Waals surface area (Å²) in [5.41, 5.74) is 0.667. The highest BCUT2D eigenvalue weighted by Crippen LogP contribution is 2.33. The standard InChI is InChI=1S/C18H18BrNO4S/c19-14-7-2-3-8-16(14)24-11-5-10-18(21)20-15-12-25(22,23)17-9-4-1-6-13(15)17/h1-4,6-9,15H,5,10-12H2,(H,20,21). The molecule has 0 fully saturated rings. The molecule has 2 aromatic rings. The first kappa shape index (κ1) is 17.9. The van der Waals surface area contributed by atoms with Crippen LogP contribution >= 0.6 is 15.9 Å². The molecule has 1 aliphatic rings. The lowest BCUT2D eigenvalue weighted by Gasteiger charge is -2.13. The third-order valence-electron chi connectivity index (χ3n) is 3.99. The minimum absolute atomic E-state index is 0.0778. The SMILES string of the molecule is O=C(CCCOc1ccccc1Br)NC1CS(=O)(=O)c2ccccc21. The van der Waals surface area contributed by atoms with Crippen LogP contribution in [0.3, 0.4) is 0 Å². The van der Waals surface area contributed by atoms with Crippen LogP contribution in [0.25, 0.3) is 0 Å². The van der Waals surface area contributed by atoms with E-state index >= 15 is 0 Å².